The van der Waals surface area contributed by atoms with Gasteiger partial charge >= 0.3 is 0 Å². The van der Waals surface area contributed by atoms with Gasteiger partial charge < -0.3 is 14.8 Å². The van der Waals surface area contributed by atoms with Gasteiger partial charge in [-0.05, 0) is 104 Å². The quantitative estimate of drug-likeness (QED) is 0.399. The Kier molecular flexibility index (Phi) is 8.98. The molecule has 1 amide bonds. The highest BCUT2D eigenvalue weighted by atomic mass is 16.5. The Morgan fingerprint density at radius 2 is 1.84 bits per heavy atom. The van der Waals surface area contributed by atoms with E-state index in [0.717, 1.165) is 54.5 Å². The normalized spacial score (nSPS) is 16.6. The average Bonchev–Trinajstić information content (AvgIpc) is 3.74. The van der Waals surface area contributed by atoms with Gasteiger partial charge in [0, 0.05) is 31.6 Å². The van der Waals surface area contributed by atoms with Crippen molar-refractivity contribution in [3.63, 3.8) is 0 Å². The molecule has 200 valence electrons. The zero-order valence-electron chi connectivity index (χ0n) is 22.6. The lowest BCUT2D eigenvalue weighted by Crippen LogP contribution is -2.27. The van der Waals surface area contributed by atoms with Crippen LogP contribution >= 0.6 is 0 Å². The van der Waals surface area contributed by atoms with Crippen molar-refractivity contribution in [3.8, 4) is 11.5 Å². The smallest absolute Gasteiger partial charge is 0.251 e. The number of rotatable bonds is 7. The summed E-state index contributed by atoms with van der Waals surface area (Å²) in [5.41, 5.74) is 5.37. The predicted octanol–water partition coefficient (Wildman–Crippen LogP) is 6.38. The van der Waals surface area contributed by atoms with Crippen molar-refractivity contribution in [1.29, 1.82) is 0 Å². The van der Waals surface area contributed by atoms with E-state index in [1.807, 2.05) is 49.4 Å². The van der Waals surface area contributed by atoms with Crippen LogP contribution < -0.4 is 14.8 Å². The molecule has 2 bridgehead atoms. The molecule has 2 aliphatic rings. The van der Waals surface area contributed by atoms with Gasteiger partial charge in [0.1, 0.15) is 11.5 Å². The lowest BCUT2D eigenvalue weighted by atomic mass is 9.99. The number of amides is 1. The summed E-state index contributed by atoms with van der Waals surface area (Å²) in [4.78, 5) is 15.7. The number of hydrogen-bond donors (Lipinski definition) is 1. The lowest BCUT2D eigenvalue weighted by molar-refractivity contribution is 0.0950. The molecule has 1 heterocycles. The van der Waals surface area contributed by atoms with Crippen molar-refractivity contribution in [2.24, 2.45) is 5.92 Å². The summed E-state index contributed by atoms with van der Waals surface area (Å²) in [6.07, 6.45) is 6.94. The van der Waals surface area contributed by atoms with Gasteiger partial charge in [-0.3, -0.25) is 9.69 Å². The second-order valence-electron chi connectivity index (χ2n) is 10.7. The Bertz CT molecular complexity index is 1200. The topological polar surface area (TPSA) is 50.8 Å². The minimum atomic E-state index is -0.0782. The van der Waals surface area contributed by atoms with E-state index < -0.39 is 0 Å². The lowest BCUT2D eigenvalue weighted by Gasteiger charge is -2.23. The highest BCUT2D eigenvalue weighted by molar-refractivity contribution is 5.94. The fourth-order valence-electron chi connectivity index (χ4n) is 5.17. The summed E-state index contributed by atoms with van der Waals surface area (Å²) in [6.45, 7) is 7.18. The Balaban J connectivity index is 1.30. The van der Waals surface area contributed by atoms with Crippen LogP contribution in [0.3, 0.4) is 0 Å². The third-order valence-corrected chi connectivity index (χ3v) is 7.39. The van der Waals surface area contributed by atoms with Gasteiger partial charge in [-0.15, -0.1) is 0 Å². The van der Waals surface area contributed by atoms with Crippen molar-refractivity contribution in [2.45, 2.75) is 58.5 Å². The van der Waals surface area contributed by atoms with Gasteiger partial charge in [0.25, 0.3) is 5.91 Å². The number of nitrogens with one attached hydrogen (secondary N) is 1. The molecule has 0 radical (unpaired) electrons. The van der Waals surface area contributed by atoms with E-state index in [1.165, 1.54) is 43.4 Å². The molecule has 1 N–H and O–H groups in total. The van der Waals surface area contributed by atoms with Gasteiger partial charge in [-0.25, -0.2) is 0 Å². The summed E-state index contributed by atoms with van der Waals surface area (Å²) in [7, 11) is 0. The van der Waals surface area contributed by atoms with Crippen molar-refractivity contribution in [3.05, 3.63) is 94.5 Å². The van der Waals surface area contributed by atoms with E-state index >= 15 is 0 Å². The highest BCUT2D eigenvalue weighted by Crippen LogP contribution is 2.31. The standard InChI is InChI=1S/C33H40N2O3/c1-2-37-31-14-11-25(12-15-31)22-34-33(36)29-13-16-32-30(21-29)20-27-7-6-8-28(19-27)24-35(23-26-9-10-26)17-4-3-5-18-38-32/h6-8,11-16,19,21,26H,2-5,9-10,17-18,20,22-24H2,1H3,(H,34,36). The number of benzene rings is 3. The van der Waals surface area contributed by atoms with E-state index in [0.29, 0.717) is 25.3 Å². The molecule has 0 spiro atoms. The van der Waals surface area contributed by atoms with Crippen molar-refractivity contribution in [1.82, 2.24) is 10.2 Å². The van der Waals surface area contributed by atoms with Crippen LogP contribution in [0.15, 0.2) is 66.7 Å². The van der Waals surface area contributed by atoms with E-state index in [2.05, 4.69) is 34.5 Å². The number of ether oxygens (including phenoxy) is 2. The molecule has 5 heteroatoms. The molecule has 1 aliphatic carbocycles. The molecule has 5 rings (SSSR count). The Morgan fingerprint density at radius 3 is 2.66 bits per heavy atom. The van der Waals surface area contributed by atoms with Crippen molar-refractivity contribution in [2.75, 3.05) is 26.3 Å². The molecule has 38 heavy (non-hydrogen) atoms. The number of carbonyl (C=O) groups excluding carboxylic acids is 1. The van der Waals surface area contributed by atoms with Gasteiger partial charge in [0.05, 0.1) is 13.2 Å². The highest BCUT2D eigenvalue weighted by Gasteiger charge is 2.24. The summed E-state index contributed by atoms with van der Waals surface area (Å²) in [5.74, 6) is 2.54. The first-order chi connectivity index (χ1) is 18.7. The maximum atomic E-state index is 13.1. The molecule has 0 saturated heterocycles. The number of nitrogens with zero attached hydrogens (tertiary/aromatic N) is 1. The molecule has 5 nitrogen and oxygen atoms in total. The van der Waals surface area contributed by atoms with Crippen LogP contribution in [-0.4, -0.2) is 37.1 Å². The van der Waals surface area contributed by atoms with Crippen LogP contribution in [0.1, 0.15) is 71.6 Å². The molecule has 1 saturated carbocycles. The van der Waals surface area contributed by atoms with E-state index in [-0.39, 0.29) is 5.91 Å². The van der Waals surface area contributed by atoms with Crippen LogP contribution in [0.4, 0.5) is 0 Å². The average molecular weight is 513 g/mol. The van der Waals surface area contributed by atoms with Crippen LogP contribution in [0, 0.1) is 5.92 Å². The summed E-state index contributed by atoms with van der Waals surface area (Å²) in [5, 5.41) is 3.06. The Hall–Kier alpha value is -3.31. The van der Waals surface area contributed by atoms with E-state index in [1.54, 1.807) is 0 Å². The fourth-order valence-corrected chi connectivity index (χ4v) is 5.17. The summed E-state index contributed by atoms with van der Waals surface area (Å²) < 4.78 is 11.8. The largest absolute Gasteiger partial charge is 0.494 e. The fraction of sp³-hybridized carbons (Fsp3) is 0.424. The maximum absolute atomic E-state index is 13.1. The Morgan fingerprint density at radius 1 is 1.00 bits per heavy atom. The first-order valence-electron chi connectivity index (χ1n) is 14.2. The van der Waals surface area contributed by atoms with Crippen molar-refractivity contribution >= 4 is 5.91 Å². The van der Waals surface area contributed by atoms with Gasteiger partial charge in [0.2, 0.25) is 0 Å². The summed E-state index contributed by atoms with van der Waals surface area (Å²) in [6, 6.07) is 22.6. The molecule has 3 aromatic rings. The van der Waals surface area contributed by atoms with Gasteiger partial charge in [0.15, 0.2) is 0 Å². The molecular formula is C33H40N2O3. The predicted molar refractivity (Wildman–Crippen MR) is 152 cm³/mol. The molecular weight excluding hydrogens is 472 g/mol. The third-order valence-electron chi connectivity index (χ3n) is 7.39. The monoisotopic (exact) mass is 512 g/mol. The van der Waals surface area contributed by atoms with Crippen LogP contribution in [0.2, 0.25) is 0 Å². The number of carbonyl (C=O) groups is 1. The molecule has 1 aliphatic heterocycles. The first-order valence-corrected chi connectivity index (χ1v) is 14.2. The zero-order valence-corrected chi connectivity index (χ0v) is 22.6. The van der Waals surface area contributed by atoms with Crippen LogP contribution in [0.5, 0.6) is 11.5 Å². The number of fused-ring (bicyclic) bond motifs is 3. The minimum Gasteiger partial charge on any atom is -0.494 e. The SMILES string of the molecule is CCOc1ccc(CNC(=O)c2ccc3c(c2)Cc2cccc(c2)CN(CC2CC2)CCCCCO3)cc1. The number of hydrogen-bond acceptors (Lipinski definition) is 4. The Labute approximate surface area is 227 Å². The third kappa shape index (κ3) is 7.61. The van der Waals surface area contributed by atoms with Gasteiger partial charge in [-0.1, -0.05) is 36.4 Å². The second-order valence-corrected chi connectivity index (χ2v) is 10.7. The first kappa shape index (κ1) is 26.3. The van der Waals surface area contributed by atoms with Crippen molar-refractivity contribution < 1.29 is 14.3 Å². The summed E-state index contributed by atoms with van der Waals surface area (Å²) >= 11 is 0. The second kappa shape index (κ2) is 13.0. The molecule has 0 atom stereocenters. The maximum Gasteiger partial charge on any atom is 0.251 e. The zero-order chi connectivity index (χ0) is 26.2. The molecule has 1 fully saturated rings. The molecule has 3 aromatic carbocycles. The van der Waals surface area contributed by atoms with Crippen LogP contribution in [0.25, 0.3) is 0 Å². The molecule has 0 aromatic heterocycles. The molecule has 0 unspecified atom stereocenters. The van der Waals surface area contributed by atoms with E-state index in [9.17, 15) is 4.79 Å². The van der Waals surface area contributed by atoms with Gasteiger partial charge in [-0.2, -0.15) is 0 Å². The minimum absolute atomic E-state index is 0.0782. The van der Waals surface area contributed by atoms with E-state index in [4.69, 9.17) is 9.47 Å². The van der Waals surface area contributed by atoms with Crippen LogP contribution in [-0.2, 0) is 19.5 Å².